The van der Waals surface area contributed by atoms with E-state index in [9.17, 15) is 13.2 Å². The van der Waals surface area contributed by atoms with Crippen LogP contribution in [-0.4, -0.2) is 44.5 Å². The van der Waals surface area contributed by atoms with Crippen LogP contribution in [0.1, 0.15) is 36.2 Å². The van der Waals surface area contributed by atoms with E-state index in [2.05, 4.69) is 19.2 Å². The quantitative estimate of drug-likeness (QED) is 0.795. The molecular weight excluding hydrogens is 300 g/mol. The van der Waals surface area contributed by atoms with E-state index in [1.54, 1.807) is 6.07 Å². The lowest BCUT2D eigenvalue weighted by atomic mass is 10.1. The third kappa shape index (κ3) is 6.58. The number of hydrogen-bond donors (Lipinski definition) is 1. The number of benzene rings is 1. The summed E-state index contributed by atoms with van der Waals surface area (Å²) in [6.07, 6.45) is 2.01. The molecule has 1 rings (SSSR count). The van der Waals surface area contributed by atoms with E-state index in [4.69, 9.17) is 0 Å². The number of carbonyl (C=O) groups excluding carboxylic acids is 1. The van der Waals surface area contributed by atoms with E-state index >= 15 is 0 Å². The fraction of sp³-hybridized carbons (Fsp3) is 0.562. The van der Waals surface area contributed by atoms with Gasteiger partial charge >= 0.3 is 0 Å². The van der Waals surface area contributed by atoms with Gasteiger partial charge < -0.3 is 5.32 Å². The zero-order valence-corrected chi connectivity index (χ0v) is 14.6. The highest BCUT2D eigenvalue weighted by Crippen LogP contribution is 2.06. The van der Waals surface area contributed by atoms with Crippen molar-refractivity contribution in [3.05, 3.63) is 35.4 Å². The fourth-order valence-electron chi connectivity index (χ4n) is 2.03. The summed E-state index contributed by atoms with van der Waals surface area (Å²) in [6, 6.07) is 7.31. The maximum atomic E-state index is 12.0. The Bertz CT molecular complexity index is 597. The number of aryl methyl sites for hydroxylation is 1. The van der Waals surface area contributed by atoms with Crippen molar-refractivity contribution in [2.24, 2.45) is 5.92 Å². The van der Waals surface area contributed by atoms with E-state index in [1.807, 2.05) is 25.1 Å². The Morgan fingerprint density at radius 1 is 1.27 bits per heavy atom. The first-order valence-corrected chi connectivity index (χ1v) is 9.35. The molecular formula is C16H26N2O3S. The van der Waals surface area contributed by atoms with Crippen molar-refractivity contribution in [3.63, 3.8) is 0 Å². The molecule has 1 aromatic rings. The SMILES string of the molecule is Cc1cccc(C(=O)NCCN(CCC(C)C)S(C)(=O)=O)c1. The minimum atomic E-state index is -3.25. The summed E-state index contributed by atoms with van der Waals surface area (Å²) >= 11 is 0. The number of nitrogens with zero attached hydrogens (tertiary/aromatic N) is 1. The Labute approximate surface area is 133 Å². The van der Waals surface area contributed by atoms with Gasteiger partial charge in [0.2, 0.25) is 10.0 Å². The molecule has 0 aliphatic heterocycles. The Morgan fingerprint density at radius 2 is 1.95 bits per heavy atom. The van der Waals surface area contributed by atoms with E-state index in [0.29, 0.717) is 31.1 Å². The van der Waals surface area contributed by atoms with Gasteiger partial charge in [-0.25, -0.2) is 12.7 Å². The molecule has 0 aromatic heterocycles. The highest BCUT2D eigenvalue weighted by molar-refractivity contribution is 7.88. The predicted octanol–water partition coefficient (Wildman–Crippen LogP) is 2.03. The molecule has 0 atom stereocenters. The summed E-state index contributed by atoms with van der Waals surface area (Å²) in [5, 5.41) is 2.77. The van der Waals surface area contributed by atoms with Crippen LogP contribution < -0.4 is 5.32 Å². The van der Waals surface area contributed by atoms with Crippen molar-refractivity contribution in [2.75, 3.05) is 25.9 Å². The number of rotatable bonds is 8. The van der Waals surface area contributed by atoms with Gasteiger partial charge in [0.15, 0.2) is 0 Å². The molecule has 5 nitrogen and oxygen atoms in total. The van der Waals surface area contributed by atoms with Crippen LogP contribution in [0.4, 0.5) is 0 Å². The molecule has 0 saturated heterocycles. The molecule has 1 N–H and O–H groups in total. The summed E-state index contributed by atoms with van der Waals surface area (Å²) in [5.74, 6) is 0.257. The maximum Gasteiger partial charge on any atom is 0.251 e. The van der Waals surface area contributed by atoms with E-state index in [1.165, 1.54) is 10.6 Å². The standard InChI is InChI=1S/C16H26N2O3S/c1-13(2)8-10-18(22(4,20)21)11-9-17-16(19)15-7-5-6-14(3)12-15/h5-7,12-13H,8-11H2,1-4H3,(H,17,19). The summed E-state index contributed by atoms with van der Waals surface area (Å²) < 4.78 is 24.9. The zero-order valence-electron chi connectivity index (χ0n) is 13.8. The van der Waals surface area contributed by atoms with Crippen molar-refractivity contribution in [1.29, 1.82) is 0 Å². The average molecular weight is 326 g/mol. The van der Waals surface area contributed by atoms with E-state index in [0.717, 1.165) is 12.0 Å². The number of hydrogen-bond acceptors (Lipinski definition) is 3. The summed E-state index contributed by atoms with van der Waals surface area (Å²) in [5.41, 5.74) is 1.61. The van der Waals surface area contributed by atoms with Crippen molar-refractivity contribution in [2.45, 2.75) is 27.2 Å². The van der Waals surface area contributed by atoms with Gasteiger partial charge in [0.1, 0.15) is 0 Å². The Kier molecular flexibility index (Phi) is 7.03. The van der Waals surface area contributed by atoms with Gasteiger partial charge in [-0.1, -0.05) is 31.5 Å². The Morgan fingerprint density at radius 3 is 2.50 bits per heavy atom. The summed E-state index contributed by atoms with van der Waals surface area (Å²) in [6.45, 7) is 7.12. The smallest absolute Gasteiger partial charge is 0.251 e. The van der Waals surface area contributed by atoms with Gasteiger partial charge in [-0.3, -0.25) is 4.79 Å². The van der Waals surface area contributed by atoms with Gasteiger partial charge in [0, 0.05) is 25.2 Å². The molecule has 0 radical (unpaired) electrons. The van der Waals surface area contributed by atoms with Crippen LogP contribution in [0, 0.1) is 12.8 Å². The fourth-order valence-corrected chi connectivity index (χ4v) is 2.89. The summed E-state index contributed by atoms with van der Waals surface area (Å²) in [7, 11) is -3.25. The molecule has 0 unspecified atom stereocenters. The van der Waals surface area contributed by atoms with Crippen molar-refractivity contribution >= 4 is 15.9 Å². The van der Waals surface area contributed by atoms with Gasteiger partial charge in [0.05, 0.1) is 6.26 Å². The van der Waals surface area contributed by atoms with Crippen molar-refractivity contribution in [3.8, 4) is 0 Å². The normalized spacial score (nSPS) is 11.9. The number of carbonyl (C=O) groups is 1. The minimum Gasteiger partial charge on any atom is -0.351 e. The van der Waals surface area contributed by atoms with Crippen molar-refractivity contribution < 1.29 is 13.2 Å². The van der Waals surface area contributed by atoms with Gasteiger partial charge in [-0.05, 0) is 31.4 Å². The predicted molar refractivity (Wildman–Crippen MR) is 89.4 cm³/mol. The second-order valence-corrected chi connectivity index (χ2v) is 7.95. The van der Waals surface area contributed by atoms with E-state index in [-0.39, 0.29) is 5.91 Å². The molecule has 1 aromatic carbocycles. The van der Waals surface area contributed by atoms with Crippen LogP contribution in [0.25, 0.3) is 0 Å². The second kappa shape index (κ2) is 8.29. The lowest BCUT2D eigenvalue weighted by Gasteiger charge is -2.21. The van der Waals surface area contributed by atoms with Crippen LogP contribution in [-0.2, 0) is 10.0 Å². The third-order valence-electron chi connectivity index (χ3n) is 3.35. The molecule has 0 aliphatic carbocycles. The molecule has 0 spiro atoms. The first-order chi connectivity index (χ1) is 10.2. The van der Waals surface area contributed by atoms with Crippen LogP contribution in [0.3, 0.4) is 0 Å². The lowest BCUT2D eigenvalue weighted by molar-refractivity contribution is 0.0951. The lowest BCUT2D eigenvalue weighted by Crippen LogP contribution is -2.38. The van der Waals surface area contributed by atoms with Gasteiger partial charge in [-0.2, -0.15) is 0 Å². The molecule has 0 saturated carbocycles. The molecule has 0 heterocycles. The molecule has 1 amide bonds. The minimum absolute atomic E-state index is 0.180. The number of sulfonamides is 1. The van der Waals surface area contributed by atoms with Gasteiger partial charge in [-0.15, -0.1) is 0 Å². The summed E-state index contributed by atoms with van der Waals surface area (Å²) in [4.78, 5) is 12.0. The molecule has 0 aliphatic rings. The van der Waals surface area contributed by atoms with Crippen LogP contribution in [0.15, 0.2) is 24.3 Å². The number of nitrogens with one attached hydrogen (secondary N) is 1. The monoisotopic (exact) mass is 326 g/mol. The highest BCUT2D eigenvalue weighted by atomic mass is 32.2. The van der Waals surface area contributed by atoms with Crippen LogP contribution in [0.5, 0.6) is 0 Å². The molecule has 22 heavy (non-hydrogen) atoms. The van der Waals surface area contributed by atoms with Crippen molar-refractivity contribution in [1.82, 2.24) is 9.62 Å². The molecule has 6 heteroatoms. The average Bonchev–Trinajstić information content (AvgIpc) is 2.40. The second-order valence-electron chi connectivity index (χ2n) is 5.97. The Hall–Kier alpha value is -1.40. The highest BCUT2D eigenvalue weighted by Gasteiger charge is 2.16. The first kappa shape index (κ1) is 18.6. The van der Waals surface area contributed by atoms with E-state index < -0.39 is 10.0 Å². The number of amides is 1. The van der Waals surface area contributed by atoms with Crippen LogP contribution >= 0.6 is 0 Å². The largest absolute Gasteiger partial charge is 0.351 e. The first-order valence-electron chi connectivity index (χ1n) is 7.50. The maximum absolute atomic E-state index is 12.0. The zero-order chi connectivity index (χ0) is 16.8. The Balaban J connectivity index is 2.53. The van der Waals surface area contributed by atoms with Gasteiger partial charge in [0.25, 0.3) is 5.91 Å². The van der Waals surface area contributed by atoms with Crippen LogP contribution in [0.2, 0.25) is 0 Å². The molecule has 124 valence electrons. The third-order valence-corrected chi connectivity index (χ3v) is 4.66. The topological polar surface area (TPSA) is 66.5 Å². The molecule has 0 fully saturated rings. The molecule has 0 bridgehead atoms.